The summed E-state index contributed by atoms with van der Waals surface area (Å²) in [5.74, 6) is 0.722. The van der Waals surface area contributed by atoms with Gasteiger partial charge in [-0.25, -0.2) is 4.98 Å². The van der Waals surface area contributed by atoms with E-state index in [9.17, 15) is 0 Å². The summed E-state index contributed by atoms with van der Waals surface area (Å²) in [7, 11) is 0. The van der Waals surface area contributed by atoms with Gasteiger partial charge in [0.1, 0.15) is 0 Å². The Morgan fingerprint density at radius 1 is 1.47 bits per heavy atom. The third-order valence-corrected chi connectivity index (χ3v) is 2.01. The van der Waals surface area contributed by atoms with Crippen molar-refractivity contribution in [1.82, 2.24) is 10.3 Å². The van der Waals surface area contributed by atoms with E-state index in [1.165, 1.54) is 5.56 Å². The minimum atomic E-state index is 0.544. The van der Waals surface area contributed by atoms with Crippen LogP contribution in [-0.2, 0) is 0 Å². The van der Waals surface area contributed by atoms with Crippen molar-refractivity contribution < 1.29 is 4.74 Å². The lowest BCUT2D eigenvalue weighted by atomic mass is 10.3. The van der Waals surface area contributed by atoms with Gasteiger partial charge in [-0.1, -0.05) is 13.8 Å². The number of hydrogen-bond donors (Lipinski definition) is 1. The molecule has 0 aliphatic rings. The molecule has 1 aromatic rings. The second-order valence-corrected chi connectivity index (χ2v) is 3.98. The zero-order chi connectivity index (χ0) is 11.1. The van der Waals surface area contributed by atoms with Crippen LogP contribution < -0.4 is 10.1 Å². The molecule has 0 saturated carbocycles. The highest BCUT2D eigenvalue weighted by molar-refractivity contribution is 5.18. The summed E-state index contributed by atoms with van der Waals surface area (Å²) in [6.07, 6.45) is 2.78. The molecule has 0 radical (unpaired) electrons. The van der Waals surface area contributed by atoms with Crippen LogP contribution in [0.2, 0.25) is 0 Å². The van der Waals surface area contributed by atoms with Gasteiger partial charge in [-0.05, 0) is 31.5 Å². The van der Waals surface area contributed by atoms with Crippen LogP contribution in [0.1, 0.15) is 25.8 Å². The Bertz CT molecular complexity index is 287. The first-order valence-electron chi connectivity index (χ1n) is 5.47. The predicted molar refractivity (Wildman–Crippen MR) is 62.2 cm³/mol. The molecule has 0 saturated heterocycles. The molecule has 0 unspecified atom stereocenters. The van der Waals surface area contributed by atoms with E-state index >= 15 is 0 Å². The van der Waals surface area contributed by atoms with Crippen molar-refractivity contribution in [2.45, 2.75) is 33.2 Å². The monoisotopic (exact) mass is 208 g/mol. The molecule has 0 aliphatic heterocycles. The number of hydrogen-bond acceptors (Lipinski definition) is 3. The number of nitrogens with zero attached hydrogens (tertiary/aromatic N) is 1. The van der Waals surface area contributed by atoms with Gasteiger partial charge in [0.15, 0.2) is 0 Å². The lowest BCUT2D eigenvalue weighted by molar-refractivity contribution is 0.295. The second-order valence-electron chi connectivity index (χ2n) is 3.98. The summed E-state index contributed by atoms with van der Waals surface area (Å²) < 4.78 is 5.52. The van der Waals surface area contributed by atoms with Crippen molar-refractivity contribution in [3.8, 4) is 5.88 Å². The van der Waals surface area contributed by atoms with Gasteiger partial charge in [0.05, 0.1) is 6.61 Å². The minimum absolute atomic E-state index is 0.544. The summed E-state index contributed by atoms with van der Waals surface area (Å²) in [5.41, 5.74) is 1.18. The van der Waals surface area contributed by atoms with Crippen molar-refractivity contribution in [2.75, 3.05) is 13.2 Å². The Labute approximate surface area is 91.9 Å². The van der Waals surface area contributed by atoms with Crippen LogP contribution in [0, 0.1) is 6.92 Å². The number of aromatic nitrogens is 1. The third-order valence-electron chi connectivity index (χ3n) is 2.01. The van der Waals surface area contributed by atoms with E-state index in [1.54, 1.807) is 6.20 Å². The van der Waals surface area contributed by atoms with E-state index in [1.807, 2.05) is 19.1 Å². The summed E-state index contributed by atoms with van der Waals surface area (Å²) >= 11 is 0. The predicted octanol–water partition coefficient (Wildman–Crippen LogP) is 2.16. The average molecular weight is 208 g/mol. The Kier molecular flexibility index (Phi) is 5.12. The van der Waals surface area contributed by atoms with Crippen LogP contribution in [0.4, 0.5) is 0 Å². The van der Waals surface area contributed by atoms with E-state index in [2.05, 4.69) is 24.1 Å². The maximum atomic E-state index is 5.52. The molecular weight excluding hydrogens is 188 g/mol. The van der Waals surface area contributed by atoms with Crippen LogP contribution in [-0.4, -0.2) is 24.2 Å². The summed E-state index contributed by atoms with van der Waals surface area (Å²) in [6, 6.07) is 4.46. The number of rotatable bonds is 6. The third kappa shape index (κ3) is 5.37. The Morgan fingerprint density at radius 3 is 2.93 bits per heavy atom. The first kappa shape index (κ1) is 12.0. The van der Waals surface area contributed by atoms with E-state index < -0.39 is 0 Å². The van der Waals surface area contributed by atoms with Gasteiger partial charge < -0.3 is 10.1 Å². The van der Waals surface area contributed by atoms with Crippen LogP contribution in [0.5, 0.6) is 5.88 Å². The fraction of sp³-hybridized carbons (Fsp3) is 0.583. The highest BCUT2D eigenvalue weighted by atomic mass is 16.5. The summed E-state index contributed by atoms with van der Waals surface area (Å²) in [4.78, 5) is 4.13. The van der Waals surface area contributed by atoms with Crippen molar-refractivity contribution >= 4 is 0 Å². The first-order chi connectivity index (χ1) is 7.18. The molecule has 0 aromatic carbocycles. The van der Waals surface area contributed by atoms with E-state index in [0.717, 1.165) is 25.5 Å². The average Bonchev–Trinajstić information content (AvgIpc) is 2.17. The van der Waals surface area contributed by atoms with E-state index in [0.29, 0.717) is 6.04 Å². The van der Waals surface area contributed by atoms with Crippen LogP contribution >= 0.6 is 0 Å². The highest BCUT2D eigenvalue weighted by Gasteiger charge is 1.96. The molecular formula is C12H20N2O. The molecule has 0 spiro atoms. The van der Waals surface area contributed by atoms with Crippen molar-refractivity contribution in [2.24, 2.45) is 0 Å². The normalized spacial score (nSPS) is 10.7. The molecule has 1 rings (SSSR count). The zero-order valence-electron chi connectivity index (χ0n) is 9.79. The quantitative estimate of drug-likeness (QED) is 0.727. The van der Waals surface area contributed by atoms with Gasteiger partial charge >= 0.3 is 0 Å². The van der Waals surface area contributed by atoms with Gasteiger partial charge in [0.2, 0.25) is 5.88 Å². The van der Waals surface area contributed by atoms with Crippen LogP contribution in [0.3, 0.4) is 0 Å². The number of pyridine rings is 1. The Hall–Kier alpha value is -1.09. The van der Waals surface area contributed by atoms with Crippen molar-refractivity contribution in [1.29, 1.82) is 0 Å². The topological polar surface area (TPSA) is 34.1 Å². The van der Waals surface area contributed by atoms with Crippen LogP contribution in [0.25, 0.3) is 0 Å². The molecule has 0 bridgehead atoms. The van der Waals surface area contributed by atoms with Gasteiger partial charge in [0, 0.05) is 18.3 Å². The smallest absolute Gasteiger partial charge is 0.213 e. The molecule has 1 N–H and O–H groups in total. The van der Waals surface area contributed by atoms with E-state index in [-0.39, 0.29) is 0 Å². The lowest BCUT2D eigenvalue weighted by Crippen LogP contribution is -2.24. The van der Waals surface area contributed by atoms with Gasteiger partial charge in [0.25, 0.3) is 0 Å². The van der Waals surface area contributed by atoms with E-state index in [4.69, 9.17) is 4.74 Å². The SMILES string of the molecule is Cc1ccnc(OCCCNC(C)C)c1. The standard InChI is InChI=1S/C12H20N2O/c1-10(2)13-6-4-8-15-12-9-11(3)5-7-14-12/h5,7,9-10,13H,4,6,8H2,1-3H3. The largest absolute Gasteiger partial charge is 0.478 e. The molecule has 0 atom stereocenters. The Morgan fingerprint density at radius 2 is 2.27 bits per heavy atom. The zero-order valence-corrected chi connectivity index (χ0v) is 9.79. The van der Waals surface area contributed by atoms with Gasteiger partial charge in [-0.15, -0.1) is 0 Å². The highest BCUT2D eigenvalue weighted by Crippen LogP contribution is 2.07. The van der Waals surface area contributed by atoms with Gasteiger partial charge in [-0.2, -0.15) is 0 Å². The molecule has 3 heteroatoms. The minimum Gasteiger partial charge on any atom is -0.478 e. The summed E-state index contributed by atoms with van der Waals surface area (Å²) in [5, 5.41) is 3.34. The van der Waals surface area contributed by atoms with Crippen molar-refractivity contribution in [3.05, 3.63) is 23.9 Å². The summed E-state index contributed by atoms with van der Waals surface area (Å²) in [6.45, 7) is 8.03. The molecule has 84 valence electrons. The maximum Gasteiger partial charge on any atom is 0.213 e. The fourth-order valence-corrected chi connectivity index (χ4v) is 1.23. The maximum absolute atomic E-state index is 5.52. The fourth-order valence-electron chi connectivity index (χ4n) is 1.23. The lowest BCUT2D eigenvalue weighted by Gasteiger charge is -2.08. The van der Waals surface area contributed by atoms with Crippen LogP contribution in [0.15, 0.2) is 18.3 Å². The molecule has 15 heavy (non-hydrogen) atoms. The molecule has 0 aliphatic carbocycles. The number of ether oxygens (including phenoxy) is 1. The number of nitrogens with one attached hydrogen (secondary N) is 1. The second kappa shape index (κ2) is 6.40. The molecule has 3 nitrogen and oxygen atoms in total. The Balaban J connectivity index is 2.15. The van der Waals surface area contributed by atoms with Crippen molar-refractivity contribution in [3.63, 3.8) is 0 Å². The molecule has 0 fully saturated rings. The molecule has 1 aromatic heterocycles. The first-order valence-corrected chi connectivity index (χ1v) is 5.47. The number of aryl methyl sites for hydroxylation is 1. The molecule has 1 heterocycles. The molecule has 0 amide bonds. The van der Waals surface area contributed by atoms with Gasteiger partial charge in [-0.3, -0.25) is 0 Å².